The van der Waals surface area contributed by atoms with E-state index in [4.69, 9.17) is 9.47 Å². The molecule has 5 heteroatoms. The van der Waals surface area contributed by atoms with E-state index in [1.807, 2.05) is 20.8 Å². The van der Waals surface area contributed by atoms with Gasteiger partial charge in [-0.15, -0.1) is 0 Å². The molecular formula is C13H24O5. The first-order valence-corrected chi connectivity index (χ1v) is 6.05. The molecule has 0 spiro atoms. The SMILES string of the molecule is COC(=O)C(C)COCC(C)C(=O)OC(C)(C)C. The van der Waals surface area contributed by atoms with Crippen LogP contribution in [-0.4, -0.2) is 37.9 Å². The van der Waals surface area contributed by atoms with Crippen molar-refractivity contribution in [3.63, 3.8) is 0 Å². The minimum absolute atomic E-state index is 0.232. The molecule has 0 aromatic rings. The van der Waals surface area contributed by atoms with Crippen LogP contribution in [0.1, 0.15) is 34.6 Å². The fourth-order valence-electron chi connectivity index (χ4n) is 1.16. The maximum Gasteiger partial charge on any atom is 0.311 e. The number of methoxy groups -OCH3 is 1. The fourth-order valence-corrected chi connectivity index (χ4v) is 1.16. The van der Waals surface area contributed by atoms with Crippen molar-refractivity contribution >= 4 is 11.9 Å². The summed E-state index contributed by atoms with van der Waals surface area (Å²) in [6.07, 6.45) is 0. The average molecular weight is 260 g/mol. The normalized spacial score (nSPS) is 14.8. The Bertz CT molecular complexity index is 280. The van der Waals surface area contributed by atoms with E-state index >= 15 is 0 Å². The van der Waals surface area contributed by atoms with Crippen LogP contribution in [0.15, 0.2) is 0 Å². The summed E-state index contributed by atoms with van der Waals surface area (Å²) in [6.45, 7) is 9.37. The van der Waals surface area contributed by atoms with Crippen LogP contribution in [0.5, 0.6) is 0 Å². The lowest BCUT2D eigenvalue weighted by atomic mass is 10.1. The van der Waals surface area contributed by atoms with Crippen LogP contribution in [0.3, 0.4) is 0 Å². The van der Waals surface area contributed by atoms with Crippen molar-refractivity contribution in [2.75, 3.05) is 20.3 Å². The number of carbonyl (C=O) groups excluding carboxylic acids is 2. The van der Waals surface area contributed by atoms with Crippen molar-refractivity contribution in [2.24, 2.45) is 11.8 Å². The summed E-state index contributed by atoms with van der Waals surface area (Å²) in [5.74, 6) is -1.30. The molecule has 0 bridgehead atoms. The first-order chi connectivity index (χ1) is 8.17. The van der Waals surface area contributed by atoms with Gasteiger partial charge in [-0.05, 0) is 34.6 Å². The van der Waals surface area contributed by atoms with E-state index < -0.39 is 5.60 Å². The van der Waals surface area contributed by atoms with E-state index in [0.29, 0.717) is 0 Å². The maximum atomic E-state index is 11.6. The van der Waals surface area contributed by atoms with Crippen molar-refractivity contribution < 1.29 is 23.8 Å². The molecule has 0 heterocycles. The Balaban J connectivity index is 3.93. The number of rotatable bonds is 6. The van der Waals surface area contributed by atoms with Gasteiger partial charge in [0.2, 0.25) is 0 Å². The minimum Gasteiger partial charge on any atom is -0.469 e. The Morgan fingerprint density at radius 2 is 1.44 bits per heavy atom. The second-order valence-corrected chi connectivity index (χ2v) is 5.40. The predicted octanol–water partition coefficient (Wildman–Crippen LogP) is 1.79. The van der Waals surface area contributed by atoms with E-state index in [2.05, 4.69) is 4.74 Å². The highest BCUT2D eigenvalue weighted by Gasteiger charge is 2.22. The lowest BCUT2D eigenvalue weighted by Gasteiger charge is -2.22. The molecule has 0 aliphatic carbocycles. The molecule has 0 amide bonds. The van der Waals surface area contributed by atoms with E-state index in [-0.39, 0.29) is 37.0 Å². The van der Waals surface area contributed by atoms with Gasteiger partial charge in [0.15, 0.2) is 0 Å². The Morgan fingerprint density at radius 3 is 1.83 bits per heavy atom. The second-order valence-electron chi connectivity index (χ2n) is 5.40. The van der Waals surface area contributed by atoms with Crippen LogP contribution in [0, 0.1) is 11.8 Å². The molecule has 0 radical (unpaired) electrons. The summed E-state index contributed by atoms with van der Waals surface area (Å²) >= 11 is 0. The molecule has 106 valence electrons. The van der Waals surface area contributed by atoms with Gasteiger partial charge >= 0.3 is 11.9 Å². The lowest BCUT2D eigenvalue weighted by molar-refractivity contribution is -0.161. The highest BCUT2D eigenvalue weighted by molar-refractivity contribution is 5.72. The van der Waals surface area contributed by atoms with Gasteiger partial charge in [-0.1, -0.05) is 0 Å². The van der Waals surface area contributed by atoms with Crippen LogP contribution in [0.2, 0.25) is 0 Å². The van der Waals surface area contributed by atoms with Gasteiger partial charge in [0.05, 0.1) is 32.2 Å². The third-order valence-corrected chi connectivity index (χ3v) is 2.15. The highest BCUT2D eigenvalue weighted by atomic mass is 16.6. The lowest BCUT2D eigenvalue weighted by Crippen LogP contribution is -2.30. The summed E-state index contributed by atoms with van der Waals surface area (Å²) in [6, 6.07) is 0. The summed E-state index contributed by atoms with van der Waals surface area (Å²) in [7, 11) is 1.34. The second kappa shape index (κ2) is 7.36. The van der Waals surface area contributed by atoms with Crippen molar-refractivity contribution in [2.45, 2.75) is 40.2 Å². The molecule has 0 fully saturated rings. The van der Waals surface area contributed by atoms with Gasteiger partial charge in [-0.3, -0.25) is 9.59 Å². The van der Waals surface area contributed by atoms with Crippen LogP contribution in [-0.2, 0) is 23.8 Å². The van der Waals surface area contributed by atoms with Gasteiger partial charge in [-0.25, -0.2) is 0 Å². The molecule has 5 nitrogen and oxygen atoms in total. The molecular weight excluding hydrogens is 236 g/mol. The molecule has 0 aliphatic rings. The molecule has 0 aromatic heterocycles. The van der Waals surface area contributed by atoms with Crippen LogP contribution in [0.25, 0.3) is 0 Å². The molecule has 0 aromatic carbocycles. The van der Waals surface area contributed by atoms with Crippen LogP contribution >= 0.6 is 0 Å². The average Bonchev–Trinajstić information content (AvgIpc) is 2.25. The molecule has 0 saturated carbocycles. The summed E-state index contributed by atoms with van der Waals surface area (Å²) in [4.78, 5) is 22.7. The number of carbonyl (C=O) groups is 2. The quantitative estimate of drug-likeness (QED) is 0.681. The summed E-state index contributed by atoms with van der Waals surface area (Å²) in [5, 5.41) is 0. The molecule has 0 saturated heterocycles. The maximum absolute atomic E-state index is 11.6. The Morgan fingerprint density at radius 1 is 1.00 bits per heavy atom. The standard InChI is InChI=1S/C13H24O5/c1-9(11(14)16-6)7-17-8-10(2)12(15)18-13(3,4)5/h9-10H,7-8H2,1-6H3. The predicted molar refractivity (Wildman–Crippen MR) is 67.0 cm³/mol. The van der Waals surface area contributed by atoms with Gasteiger partial charge in [0.1, 0.15) is 5.60 Å². The number of hydrogen-bond donors (Lipinski definition) is 0. The Labute approximate surface area is 109 Å². The molecule has 18 heavy (non-hydrogen) atoms. The van der Waals surface area contributed by atoms with E-state index in [1.54, 1.807) is 13.8 Å². The first kappa shape index (κ1) is 16.9. The summed E-state index contributed by atoms with van der Waals surface area (Å²) in [5.41, 5.74) is -0.495. The van der Waals surface area contributed by atoms with E-state index in [1.165, 1.54) is 7.11 Å². The fraction of sp³-hybridized carbons (Fsp3) is 0.846. The van der Waals surface area contributed by atoms with Crippen molar-refractivity contribution in [3.05, 3.63) is 0 Å². The molecule has 0 rings (SSSR count). The molecule has 2 atom stereocenters. The van der Waals surface area contributed by atoms with Gasteiger partial charge in [0, 0.05) is 0 Å². The number of esters is 2. The van der Waals surface area contributed by atoms with Crippen LogP contribution < -0.4 is 0 Å². The zero-order valence-corrected chi connectivity index (χ0v) is 12.1. The van der Waals surface area contributed by atoms with Crippen LogP contribution in [0.4, 0.5) is 0 Å². The van der Waals surface area contributed by atoms with Crippen molar-refractivity contribution in [1.29, 1.82) is 0 Å². The Hall–Kier alpha value is -1.10. The topological polar surface area (TPSA) is 61.8 Å². The smallest absolute Gasteiger partial charge is 0.311 e. The molecule has 0 N–H and O–H groups in total. The van der Waals surface area contributed by atoms with Crippen molar-refractivity contribution in [3.8, 4) is 0 Å². The van der Waals surface area contributed by atoms with Gasteiger partial charge in [0.25, 0.3) is 0 Å². The number of ether oxygens (including phenoxy) is 3. The van der Waals surface area contributed by atoms with E-state index in [9.17, 15) is 9.59 Å². The van der Waals surface area contributed by atoms with Gasteiger partial charge in [-0.2, -0.15) is 0 Å². The minimum atomic E-state index is -0.495. The van der Waals surface area contributed by atoms with Gasteiger partial charge < -0.3 is 14.2 Å². The molecule has 0 aliphatic heterocycles. The zero-order chi connectivity index (χ0) is 14.3. The van der Waals surface area contributed by atoms with Crippen molar-refractivity contribution in [1.82, 2.24) is 0 Å². The third kappa shape index (κ3) is 7.27. The molecule has 2 unspecified atom stereocenters. The van der Waals surface area contributed by atoms with E-state index in [0.717, 1.165) is 0 Å². The first-order valence-electron chi connectivity index (χ1n) is 6.05. The number of hydrogen-bond acceptors (Lipinski definition) is 5. The third-order valence-electron chi connectivity index (χ3n) is 2.15. The highest BCUT2D eigenvalue weighted by Crippen LogP contribution is 2.11. The largest absolute Gasteiger partial charge is 0.469 e. The monoisotopic (exact) mass is 260 g/mol. The Kier molecular flexibility index (Phi) is 6.91. The summed E-state index contributed by atoms with van der Waals surface area (Å²) < 4.78 is 15.1. The zero-order valence-electron chi connectivity index (χ0n) is 12.1.